The van der Waals surface area contributed by atoms with Gasteiger partial charge in [-0.1, -0.05) is 36.0 Å². The Bertz CT molecular complexity index is 639. The third-order valence-electron chi connectivity index (χ3n) is 2.88. The van der Waals surface area contributed by atoms with E-state index in [2.05, 4.69) is 0 Å². The minimum atomic E-state index is -4.91. The summed E-state index contributed by atoms with van der Waals surface area (Å²) in [6, 6.07) is 13.1. The number of halogens is 3. The van der Waals surface area contributed by atoms with E-state index in [1.165, 1.54) is 23.9 Å². The maximum absolute atomic E-state index is 12.8. The number of carbonyl (C=O) groups excluding carboxylic acids is 1. The third-order valence-corrected chi connectivity index (χ3v) is 4.01. The number of fused-ring (bicyclic) bond motifs is 2. The minimum absolute atomic E-state index is 0.263. The molecule has 0 fully saturated rings. The second-order valence-electron chi connectivity index (χ2n) is 4.18. The van der Waals surface area contributed by atoms with Crippen molar-refractivity contribution in [2.24, 2.45) is 0 Å². The van der Waals surface area contributed by atoms with Gasteiger partial charge in [0, 0.05) is 9.79 Å². The largest absolute Gasteiger partial charge is 0.472 e. The molecule has 0 radical (unpaired) electrons. The summed E-state index contributed by atoms with van der Waals surface area (Å²) in [5, 5.41) is 0. The average molecular weight is 295 g/mol. The van der Waals surface area contributed by atoms with Gasteiger partial charge in [0.05, 0.1) is 11.4 Å². The number of anilines is 2. The highest BCUT2D eigenvalue weighted by molar-refractivity contribution is 7.99. The Morgan fingerprint density at radius 2 is 1.35 bits per heavy atom. The normalized spacial score (nSPS) is 13.7. The fourth-order valence-corrected chi connectivity index (χ4v) is 3.11. The first-order valence-corrected chi connectivity index (χ1v) is 6.57. The summed E-state index contributed by atoms with van der Waals surface area (Å²) in [5.74, 6) is -1.88. The van der Waals surface area contributed by atoms with Crippen LogP contribution in [0.3, 0.4) is 0 Å². The first-order valence-electron chi connectivity index (χ1n) is 5.75. The lowest BCUT2D eigenvalue weighted by atomic mass is 10.2. The summed E-state index contributed by atoms with van der Waals surface area (Å²) in [7, 11) is 0. The molecule has 2 nitrogen and oxygen atoms in total. The van der Waals surface area contributed by atoms with Crippen molar-refractivity contribution >= 4 is 29.0 Å². The molecule has 1 aliphatic heterocycles. The van der Waals surface area contributed by atoms with Crippen LogP contribution in [0.5, 0.6) is 0 Å². The lowest BCUT2D eigenvalue weighted by Gasteiger charge is -2.31. The predicted molar refractivity (Wildman–Crippen MR) is 70.2 cm³/mol. The van der Waals surface area contributed by atoms with Crippen LogP contribution in [0.15, 0.2) is 58.3 Å². The molecule has 0 N–H and O–H groups in total. The van der Waals surface area contributed by atoms with Crippen molar-refractivity contribution in [3.8, 4) is 0 Å². The van der Waals surface area contributed by atoms with Gasteiger partial charge in [-0.15, -0.1) is 0 Å². The van der Waals surface area contributed by atoms with Crippen LogP contribution in [-0.2, 0) is 4.79 Å². The monoisotopic (exact) mass is 295 g/mol. The highest BCUT2D eigenvalue weighted by Gasteiger charge is 2.45. The summed E-state index contributed by atoms with van der Waals surface area (Å²) >= 11 is 1.35. The van der Waals surface area contributed by atoms with Gasteiger partial charge in [0.2, 0.25) is 0 Å². The first-order chi connectivity index (χ1) is 9.48. The molecule has 102 valence electrons. The number of alkyl halides is 3. The van der Waals surface area contributed by atoms with Crippen molar-refractivity contribution in [1.29, 1.82) is 0 Å². The standard InChI is InChI=1S/C14H8F3NOS/c15-14(16,17)13(19)18-9-5-1-3-7-11(9)20-12-8-4-2-6-10(12)18/h1-8H. The topological polar surface area (TPSA) is 20.3 Å². The van der Waals surface area contributed by atoms with Crippen molar-refractivity contribution in [3.63, 3.8) is 0 Å². The van der Waals surface area contributed by atoms with E-state index in [9.17, 15) is 18.0 Å². The number of nitrogens with zero attached hydrogens (tertiary/aromatic N) is 1. The van der Waals surface area contributed by atoms with Crippen molar-refractivity contribution in [1.82, 2.24) is 0 Å². The predicted octanol–water partition coefficient (Wildman–Crippen LogP) is 4.38. The molecule has 3 rings (SSSR count). The van der Waals surface area contributed by atoms with Gasteiger partial charge < -0.3 is 0 Å². The Morgan fingerprint density at radius 1 is 0.900 bits per heavy atom. The summed E-state index contributed by atoms with van der Waals surface area (Å²) < 4.78 is 38.5. The van der Waals surface area contributed by atoms with Crippen LogP contribution in [0.25, 0.3) is 0 Å². The SMILES string of the molecule is O=C(N1c2ccccc2Sc2ccccc21)C(F)(F)F. The van der Waals surface area contributed by atoms with Crippen LogP contribution >= 0.6 is 11.8 Å². The van der Waals surface area contributed by atoms with Crippen LogP contribution in [0.1, 0.15) is 0 Å². The molecule has 20 heavy (non-hydrogen) atoms. The van der Waals surface area contributed by atoms with Crippen molar-refractivity contribution in [3.05, 3.63) is 48.5 Å². The number of amides is 1. The van der Waals surface area contributed by atoms with Crippen LogP contribution in [0, 0.1) is 0 Å². The second-order valence-corrected chi connectivity index (χ2v) is 5.26. The number of rotatable bonds is 0. The number of benzene rings is 2. The lowest BCUT2D eigenvalue weighted by Crippen LogP contribution is -2.39. The quantitative estimate of drug-likeness (QED) is 0.719. The van der Waals surface area contributed by atoms with Gasteiger partial charge in [0.1, 0.15) is 0 Å². The molecule has 0 atom stereocenters. The van der Waals surface area contributed by atoms with E-state index < -0.39 is 12.1 Å². The molecular weight excluding hydrogens is 287 g/mol. The van der Waals surface area contributed by atoms with Gasteiger partial charge in [-0.2, -0.15) is 13.2 Å². The highest BCUT2D eigenvalue weighted by atomic mass is 32.2. The van der Waals surface area contributed by atoms with Crippen molar-refractivity contribution in [2.45, 2.75) is 16.0 Å². The van der Waals surface area contributed by atoms with E-state index in [0.717, 1.165) is 4.90 Å². The number of hydrogen-bond acceptors (Lipinski definition) is 2. The smallest absolute Gasteiger partial charge is 0.271 e. The maximum Gasteiger partial charge on any atom is 0.472 e. The van der Waals surface area contributed by atoms with Gasteiger partial charge >= 0.3 is 12.1 Å². The fraction of sp³-hybridized carbons (Fsp3) is 0.0714. The molecule has 0 saturated carbocycles. The number of para-hydroxylation sites is 2. The van der Waals surface area contributed by atoms with Gasteiger partial charge in [-0.05, 0) is 24.3 Å². The van der Waals surface area contributed by atoms with Crippen LogP contribution in [-0.4, -0.2) is 12.1 Å². The molecule has 2 aromatic rings. The zero-order valence-electron chi connectivity index (χ0n) is 10.0. The van der Waals surface area contributed by atoms with Gasteiger partial charge in [-0.3, -0.25) is 9.69 Å². The zero-order chi connectivity index (χ0) is 14.3. The third kappa shape index (κ3) is 2.06. The molecule has 0 unspecified atom stereocenters. The first kappa shape index (κ1) is 13.1. The Kier molecular flexibility index (Phi) is 2.97. The minimum Gasteiger partial charge on any atom is -0.271 e. The molecule has 0 bridgehead atoms. The number of carbonyl (C=O) groups is 1. The van der Waals surface area contributed by atoms with Crippen molar-refractivity contribution < 1.29 is 18.0 Å². The van der Waals surface area contributed by atoms with Gasteiger partial charge in [-0.25, -0.2) is 0 Å². The Morgan fingerprint density at radius 3 is 1.80 bits per heavy atom. The van der Waals surface area contributed by atoms with Crippen LogP contribution in [0.4, 0.5) is 24.5 Å². The summed E-state index contributed by atoms with van der Waals surface area (Å²) in [6.45, 7) is 0. The van der Waals surface area contributed by atoms with Crippen LogP contribution in [0.2, 0.25) is 0 Å². The molecule has 1 amide bonds. The van der Waals surface area contributed by atoms with Gasteiger partial charge in [0.25, 0.3) is 0 Å². The lowest BCUT2D eigenvalue weighted by molar-refractivity contribution is -0.169. The molecule has 0 aromatic heterocycles. The molecule has 0 spiro atoms. The van der Waals surface area contributed by atoms with E-state index in [-0.39, 0.29) is 11.4 Å². The molecular formula is C14H8F3NOS. The molecule has 6 heteroatoms. The van der Waals surface area contributed by atoms with E-state index in [1.807, 2.05) is 0 Å². The van der Waals surface area contributed by atoms with E-state index in [0.29, 0.717) is 9.79 Å². The van der Waals surface area contributed by atoms with E-state index >= 15 is 0 Å². The molecule has 1 aliphatic rings. The maximum atomic E-state index is 12.8. The summed E-state index contributed by atoms with van der Waals surface area (Å²) in [6.07, 6.45) is -4.91. The van der Waals surface area contributed by atoms with Gasteiger partial charge in [0.15, 0.2) is 0 Å². The van der Waals surface area contributed by atoms with Crippen molar-refractivity contribution in [2.75, 3.05) is 4.90 Å². The fourth-order valence-electron chi connectivity index (χ4n) is 2.05. The van der Waals surface area contributed by atoms with E-state index in [4.69, 9.17) is 0 Å². The Hall–Kier alpha value is -1.95. The molecule has 1 heterocycles. The van der Waals surface area contributed by atoms with E-state index in [1.54, 1.807) is 36.4 Å². The molecule has 0 saturated heterocycles. The Balaban J connectivity index is 2.20. The second kappa shape index (κ2) is 4.56. The highest BCUT2D eigenvalue weighted by Crippen LogP contribution is 2.48. The molecule has 2 aromatic carbocycles. The zero-order valence-corrected chi connectivity index (χ0v) is 10.8. The Labute approximate surface area is 117 Å². The summed E-state index contributed by atoms with van der Waals surface area (Å²) in [5.41, 5.74) is 0.525. The summed E-state index contributed by atoms with van der Waals surface area (Å²) in [4.78, 5) is 13.7. The number of hydrogen-bond donors (Lipinski definition) is 0. The molecule has 0 aliphatic carbocycles. The van der Waals surface area contributed by atoms with Crippen LogP contribution < -0.4 is 4.90 Å². The average Bonchev–Trinajstić information content (AvgIpc) is 2.43.